The van der Waals surface area contributed by atoms with Crippen LogP contribution in [0.4, 0.5) is 0 Å². The van der Waals surface area contributed by atoms with Gasteiger partial charge < -0.3 is 9.84 Å². The van der Waals surface area contributed by atoms with Gasteiger partial charge in [-0.2, -0.15) is 11.8 Å². The monoisotopic (exact) mass is 360 g/mol. The number of unbranched alkanes of at least 4 members (excludes halogenated alkanes) is 13. The highest BCUT2D eigenvalue weighted by molar-refractivity contribution is 7.99. The van der Waals surface area contributed by atoms with E-state index in [1.165, 1.54) is 89.9 Å². The van der Waals surface area contributed by atoms with Crippen molar-refractivity contribution in [2.75, 3.05) is 25.6 Å². The first kappa shape index (κ1) is 24.3. The summed E-state index contributed by atoms with van der Waals surface area (Å²) in [6.07, 6.45) is 19.5. The molecule has 3 heteroatoms. The molecule has 146 valence electrons. The lowest BCUT2D eigenvalue weighted by atomic mass is 10.0. The maximum absolute atomic E-state index is 9.18. The predicted molar refractivity (Wildman–Crippen MR) is 110 cm³/mol. The topological polar surface area (TPSA) is 29.5 Å². The Morgan fingerprint density at radius 2 is 1.17 bits per heavy atom. The van der Waals surface area contributed by atoms with Crippen LogP contribution in [0.2, 0.25) is 0 Å². The van der Waals surface area contributed by atoms with Crippen LogP contribution in [0.15, 0.2) is 0 Å². The van der Waals surface area contributed by atoms with Crippen molar-refractivity contribution in [3.8, 4) is 0 Å². The molecule has 0 bridgehead atoms. The summed E-state index contributed by atoms with van der Waals surface area (Å²) in [4.78, 5) is 0. The van der Waals surface area contributed by atoms with Gasteiger partial charge in [-0.05, 0) is 12.2 Å². The Morgan fingerprint density at radius 3 is 1.58 bits per heavy atom. The van der Waals surface area contributed by atoms with Crippen LogP contribution in [0, 0.1) is 0 Å². The van der Waals surface area contributed by atoms with Gasteiger partial charge in [0.1, 0.15) is 0 Å². The second kappa shape index (κ2) is 21.3. The van der Waals surface area contributed by atoms with E-state index in [-0.39, 0.29) is 11.9 Å². The Hall–Kier alpha value is 0.270. The van der Waals surface area contributed by atoms with Crippen LogP contribution in [0.5, 0.6) is 0 Å². The molecular weight excluding hydrogens is 316 g/mol. The van der Waals surface area contributed by atoms with Crippen molar-refractivity contribution in [2.24, 2.45) is 0 Å². The van der Waals surface area contributed by atoms with E-state index in [9.17, 15) is 5.11 Å². The SMILES string of the molecule is CCCCCCCCCCCCCCCCOCC(CO)SCC. The van der Waals surface area contributed by atoms with Crippen molar-refractivity contribution in [1.82, 2.24) is 0 Å². The van der Waals surface area contributed by atoms with E-state index in [2.05, 4.69) is 13.8 Å². The van der Waals surface area contributed by atoms with Gasteiger partial charge in [-0.25, -0.2) is 0 Å². The van der Waals surface area contributed by atoms with Gasteiger partial charge in [0.2, 0.25) is 0 Å². The van der Waals surface area contributed by atoms with Gasteiger partial charge >= 0.3 is 0 Å². The van der Waals surface area contributed by atoms with E-state index in [0.29, 0.717) is 6.61 Å². The zero-order chi connectivity index (χ0) is 17.7. The normalized spacial score (nSPS) is 12.6. The molecule has 1 atom stereocenters. The molecule has 0 radical (unpaired) electrons. The fraction of sp³-hybridized carbons (Fsp3) is 1.00. The highest BCUT2D eigenvalue weighted by atomic mass is 32.2. The highest BCUT2D eigenvalue weighted by Gasteiger charge is 2.06. The number of hydrogen-bond acceptors (Lipinski definition) is 3. The van der Waals surface area contributed by atoms with E-state index < -0.39 is 0 Å². The Morgan fingerprint density at radius 1 is 0.708 bits per heavy atom. The number of aliphatic hydroxyl groups excluding tert-OH is 1. The largest absolute Gasteiger partial charge is 0.395 e. The van der Waals surface area contributed by atoms with Crippen molar-refractivity contribution in [1.29, 1.82) is 0 Å². The third kappa shape index (κ3) is 18.6. The Labute approximate surface area is 156 Å². The van der Waals surface area contributed by atoms with E-state index >= 15 is 0 Å². The average Bonchev–Trinajstić information content (AvgIpc) is 2.60. The molecule has 0 aliphatic carbocycles. The lowest BCUT2D eigenvalue weighted by molar-refractivity contribution is 0.117. The summed E-state index contributed by atoms with van der Waals surface area (Å²) in [6, 6.07) is 0. The zero-order valence-corrected chi connectivity index (χ0v) is 17.4. The lowest BCUT2D eigenvalue weighted by Crippen LogP contribution is -2.17. The predicted octanol–water partition coefficient (Wildman–Crippen LogP) is 6.60. The molecule has 0 amide bonds. The fourth-order valence-electron chi connectivity index (χ4n) is 3.00. The van der Waals surface area contributed by atoms with Gasteiger partial charge in [0.25, 0.3) is 0 Å². The van der Waals surface area contributed by atoms with E-state index in [0.717, 1.165) is 12.4 Å². The molecule has 0 fully saturated rings. The van der Waals surface area contributed by atoms with Crippen LogP contribution in [0.3, 0.4) is 0 Å². The Kier molecular flexibility index (Phi) is 21.6. The molecule has 24 heavy (non-hydrogen) atoms. The molecule has 0 aromatic heterocycles. The minimum absolute atomic E-state index is 0.233. The summed E-state index contributed by atoms with van der Waals surface area (Å²) in [6.45, 7) is 6.21. The van der Waals surface area contributed by atoms with Crippen LogP contribution >= 0.6 is 11.8 Å². The zero-order valence-electron chi connectivity index (χ0n) is 16.6. The molecule has 0 aliphatic heterocycles. The molecule has 0 saturated carbocycles. The van der Waals surface area contributed by atoms with Crippen LogP contribution in [0.25, 0.3) is 0 Å². The fourth-order valence-corrected chi connectivity index (χ4v) is 3.77. The van der Waals surface area contributed by atoms with Gasteiger partial charge in [-0.15, -0.1) is 0 Å². The summed E-state index contributed by atoms with van der Waals surface area (Å²) in [5.74, 6) is 1.05. The third-order valence-electron chi connectivity index (χ3n) is 4.55. The number of aliphatic hydroxyl groups is 1. The lowest BCUT2D eigenvalue weighted by Gasteiger charge is -2.12. The quantitative estimate of drug-likeness (QED) is 0.248. The molecule has 0 heterocycles. The van der Waals surface area contributed by atoms with E-state index in [1.54, 1.807) is 11.8 Å². The first-order valence-electron chi connectivity index (χ1n) is 10.6. The van der Waals surface area contributed by atoms with E-state index in [1.807, 2.05) is 0 Å². The number of hydrogen-bond donors (Lipinski definition) is 1. The van der Waals surface area contributed by atoms with Gasteiger partial charge in [0.05, 0.1) is 18.5 Å². The molecule has 0 spiro atoms. The summed E-state index contributed by atoms with van der Waals surface area (Å²) in [5.41, 5.74) is 0. The molecule has 1 unspecified atom stereocenters. The smallest absolute Gasteiger partial charge is 0.0607 e. The maximum atomic E-state index is 9.18. The molecule has 0 rings (SSSR count). The molecule has 0 aromatic carbocycles. The molecule has 0 aliphatic rings. The standard InChI is InChI=1S/C21H44O2S/c1-3-5-6-7-8-9-10-11-12-13-14-15-16-17-18-23-20-21(19-22)24-4-2/h21-22H,3-20H2,1-2H3. The van der Waals surface area contributed by atoms with Crippen molar-refractivity contribution in [3.05, 3.63) is 0 Å². The summed E-state index contributed by atoms with van der Waals surface area (Å²) in [7, 11) is 0. The molecule has 0 aromatic rings. The first-order valence-corrected chi connectivity index (χ1v) is 11.7. The van der Waals surface area contributed by atoms with Crippen LogP contribution in [-0.2, 0) is 4.74 Å². The Balaban J connectivity index is 3.07. The summed E-state index contributed by atoms with van der Waals surface area (Å²) in [5, 5.41) is 9.45. The van der Waals surface area contributed by atoms with Crippen molar-refractivity contribution in [3.63, 3.8) is 0 Å². The number of rotatable bonds is 20. The van der Waals surface area contributed by atoms with Crippen LogP contribution in [-0.4, -0.2) is 35.9 Å². The summed E-state index contributed by atoms with van der Waals surface area (Å²) < 4.78 is 5.67. The number of ether oxygens (including phenoxy) is 1. The maximum Gasteiger partial charge on any atom is 0.0607 e. The second-order valence-electron chi connectivity index (χ2n) is 6.93. The van der Waals surface area contributed by atoms with Gasteiger partial charge in [0.15, 0.2) is 0 Å². The van der Waals surface area contributed by atoms with Crippen LogP contribution in [0.1, 0.15) is 104 Å². The van der Waals surface area contributed by atoms with Crippen LogP contribution < -0.4 is 0 Å². The average molecular weight is 361 g/mol. The van der Waals surface area contributed by atoms with E-state index in [4.69, 9.17) is 4.74 Å². The molecular formula is C21H44O2S. The van der Waals surface area contributed by atoms with Crippen molar-refractivity contribution < 1.29 is 9.84 Å². The van der Waals surface area contributed by atoms with Crippen molar-refractivity contribution in [2.45, 2.75) is 109 Å². The third-order valence-corrected chi connectivity index (χ3v) is 5.64. The summed E-state index contributed by atoms with van der Waals surface area (Å²) >= 11 is 1.79. The Bertz CT molecular complexity index is 224. The van der Waals surface area contributed by atoms with Gasteiger partial charge in [-0.3, -0.25) is 0 Å². The highest BCUT2D eigenvalue weighted by Crippen LogP contribution is 2.13. The minimum Gasteiger partial charge on any atom is -0.395 e. The second-order valence-corrected chi connectivity index (χ2v) is 8.51. The number of thioether (sulfide) groups is 1. The minimum atomic E-state index is 0.233. The molecule has 0 saturated heterocycles. The van der Waals surface area contributed by atoms with Crippen molar-refractivity contribution >= 4 is 11.8 Å². The van der Waals surface area contributed by atoms with Gasteiger partial charge in [0, 0.05) is 6.61 Å². The molecule has 1 N–H and O–H groups in total. The van der Waals surface area contributed by atoms with Gasteiger partial charge in [-0.1, -0.05) is 97.3 Å². The molecule has 2 nitrogen and oxygen atoms in total. The first-order chi connectivity index (χ1) is 11.8.